The molecule has 3 heterocycles. The highest BCUT2D eigenvalue weighted by atomic mass is 19.3. The number of rotatable bonds is 6. The zero-order valence-electron chi connectivity index (χ0n) is 21.4. The van der Waals surface area contributed by atoms with Crippen molar-refractivity contribution < 1.29 is 23.5 Å². The summed E-state index contributed by atoms with van der Waals surface area (Å²) in [5.41, 5.74) is 0.254. The number of anilines is 3. The van der Waals surface area contributed by atoms with E-state index in [4.69, 9.17) is 5.26 Å². The van der Waals surface area contributed by atoms with Crippen molar-refractivity contribution in [1.29, 1.82) is 5.26 Å². The minimum Gasteiger partial charge on any atom is -0.507 e. The Morgan fingerprint density at radius 2 is 1.90 bits per heavy atom. The van der Waals surface area contributed by atoms with E-state index in [2.05, 4.69) is 20.7 Å². The molecule has 0 radical (unpaired) electrons. The summed E-state index contributed by atoms with van der Waals surface area (Å²) in [7, 11) is 1.59. The molecule has 2 aromatic carbocycles. The smallest absolute Gasteiger partial charge is 0.298 e. The maximum atomic E-state index is 15.3. The number of alkyl halides is 2. The predicted molar refractivity (Wildman–Crippen MR) is 142 cm³/mol. The van der Waals surface area contributed by atoms with E-state index >= 15 is 8.78 Å². The van der Waals surface area contributed by atoms with Gasteiger partial charge in [0.25, 0.3) is 17.7 Å². The Labute approximate surface area is 227 Å². The highest BCUT2D eigenvalue weighted by Gasteiger charge is 2.37. The molecule has 202 valence electrons. The summed E-state index contributed by atoms with van der Waals surface area (Å²) in [6, 6.07) is 13.3. The Morgan fingerprint density at radius 1 is 1.15 bits per heavy atom. The van der Waals surface area contributed by atoms with Crippen molar-refractivity contribution in [2.75, 3.05) is 22.6 Å². The molecular weight excluding hydrogens is 520 g/mol. The van der Waals surface area contributed by atoms with Crippen LogP contribution in [0, 0.1) is 11.3 Å². The molecule has 0 saturated carbocycles. The van der Waals surface area contributed by atoms with Crippen molar-refractivity contribution in [3.05, 3.63) is 94.9 Å². The van der Waals surface area contributed by atoms with Crippen molar-refractivity contribution in [3.8, 4) is 11.8 Å². The molecule has 3 N–H and O–H groups in total. The molecule has 1 atom stereocenters. The predicted octanol–water partition coefficient (Wildman–Crippen LogP) is 4.34. The van der Waals surface area contributed by atoms with E-state index < -0.39 is 17.7 Å². The number of aromatic hydroxyl groups is 1. The van der Waals surface area contributed by atoms with Gasteiger partial charge in [-0.25, -0.2) is 4.98 Å². The van der Waals surface area contributed by atoms with Gasteiger partial charge in [-0.15, -0.1) is 0 Å². The van der Waals surface area contributed by atoms with E-state index in [0.717, 1.165) is 0 Å². The van der Waals surface area contributed by atoms with Crippen LogP contribution in [0.3, 0.4) is 0 Å². The Hall–Kier alpha value is -5.31. The molecular formula is C28H23F2N7O3. The van der Waals surface area contributed by atoms with Gasteiger partial charge >= 0.3 is 0 Å². The first-order valence-electron chi connectivity index (χ1n) is 12.2. The molecule has 0 fully saturated rings. The second kappa shape index (κ2) is 10.1. The molecule has 1 unspecified atom stereocenters. The minimum atomic E-state index is -3.29. The summed E-state index contributed by atoms with van der Waals surface area (Å²) < 4.78 is 32.0. The third-order valence-corrected chi connectivity index (χ3v) is 6.65. The lowest BCUT2D eigenvalue weighted by Gasteiger charge is -2.34. The highest BCUT2D eigenvalue weighted by Crippen LogP contribution is 2.38. The number of nitrogens with zero attached hydrogens (tertiary/aromatic N) is 5. The summed E-state index contributed by atoms with van der Waals surface area (Å²) >= 11 is 0. The van der Waals surface area contributed by atoms with Gasteiger partial charge in [0.2, 0.25) is 0 Å². The number of benzene rings is 2. The van der Waals surface area contributed by atoms with E-state index in [9.17, 15) is 14.7 Å². The molecule has 40 heavy (non-hydrogen) atoms. The van der Waals surface area contributed by atoms with Crippen LogP contribution in [0.15, 0.2) is 67.0 Å². The fourth-order valence-electron chi connectivity index (χ4n) is 4.58. The summed E-state index contributed by atoms with van der Waals surface area (Å²) in [5.74, 6) is -4.30. The zero-order valence-corrected chi connectivity index (χ0v) is 21.4. The number of pyridine rings is 1. The highest BCUT2D eigenvalue weighted by molar-refractivity contribution is 6.13. The molecule has 0 saturated heterocycles. The van der Waals surface area contributed by atoms with Gasteiger partial charge < -0.3 is 20.6 Å². The topological polar surface area (TPSA) is 136 Å². The first-order valence-corrected chi connectivity index (χ1v) is 12.2. The van der Waals surface area contributed by atoms with Gasteiger partial charge in [0, 0.05) is 35.6 Å². The number of nitriles is 1. The summed E-state index contributed by atoms with van der Waals surface area (Å²) in [4.78, 5) is 31.9. The van der Waals surface area contributed by atoms with Crippen molar-refractivity contribution >= 4 is 29.0 Å². The summed E-state index contributed by atoms with van der Waals surface area (Å²) in [5, 5.41) is 28.4. The fourth-order valence-corrected chi connectivity index (χ4v) is 4.58. The molecule has 12 heteroatoms. The summed E-state index contributed by atoms with van der Waals surface area (Å²) in [6.45, 7) is 2.11. The maximum absolute atomic E-state index is 15.3. The van der Waals surface area contributed by atoms with Crippen LogP contribution >= 0.6 is 0 Å². The van der Waals surface area contributed by atoms with Gasteiger partial charge in [-0.3, -0.25) is 14.3 Å². The van der Waals surface area contributed by atoms with Crippen LogP contribution in [0.25, 0.3) is 0 Å². The first kappa shape index (κ1) is 26.3. The second-order valence-electron chi connectivity index (χ2n) is 9.21. The molecule has 0 bridgehead atoms. The molecule has 10 nitrogen and oxygen atoms in total. The number of carbonyl (C=O) groups is 2. The average molecular weight is 544 g/mol. The number of hydrogen-bond acceptors (Lipinski definition) is 7. The number of carbonyl (C=O) groups excluding carboxylic acids is 2. The van der Waals surface area contributed by atoms with Crippen LogP contribution in [0.4, 0.5) is 26.0 Å². The van der Waals surface area contributed by atoms with E-state index in [1.807, 2.05) is 0 Å². The van der Waals surface area contributed by atoms with E-state index in [0.29, 0.717) is 18.1 Å². The second-order valence-corrected chi connectivity index (χ2v) is 9.21. The minimum absolute atomic E-state index is 0.0683. The SMILES string of the molecule is CNc1cc(C(F)(F)c2ccc(N3C(=O)c4c(NC(=O)c5ccc(O)c(C#N)c5)cnn4CC3C)cc2)ccn1. The number of hydrogen-bond donors (Lipinski definition) is 3. The average Bonchev–Trinajstić information content (AvgIpc) is 3.35. The molecule has 1 aliphatic rings. The number of halogens is 2. The maximum Gasteiger partial charge on any atom is 0.298 e. The number of nitrogens with one attached hydrogen (secondary N) is 2. The van der Waals surface area contributed by atoms with Gasteiger partial charge in [-0.05, 0) is 49.4 Å². The third-order valence-electron chi connectivity index (χ3n) is 6.65. The lowest BCUT2D eigenvalue weighted by Crippen LogP contribution is -2.47. The zero-order chi connectivity index (χ0) is 28.6. The van der Waals surface area contributed by atoms with E-state index in [1.165, 1.54) is 76.6 Å². The molecule has 2 aromatic heterocycles. The standard InChI is InChI=1S/C28H23F2N7O3/c1-16-15-36-25(22(14-34-36)35-26(39)17-3-8-23(38)18(11-17)13-31)27(40)37(16)21-6-4-19(5-7-21)28(29,30)20-9-10-33-24(12-20)32-2/h3-12,14,16,38H,15H2,1-2H3,(H,32,33)(H,35,39). The van der Waals surface area contributed by atoms with Gasteiger partial charge in [0.15, 0.2) is 0 Å². The van der Waals surface area contributed by atoms with Gasteiger partial charge in [-0.2, -0.15) is 19.1 Å². The van der Waals surface area contributed by atoms with Crippen molar-refractivity contribution in [3.63, 3.8) is 0 Å². The van der Waals surface area contributed by atoms with E-state index in [-0.39, 0.29) is 45.4 Å². The number of phenols is 1. The van der Waals surface area contributed by atoms with Crippen LogP contribution < -0.4 is 15.5 Å². The van der Waals surface area contributed by atoms with Crippen LogP contribution in [0.2, 0.25) is 0 Å². The van der Waals surface area contributed by atoms with Crippen LogP contribution in [0.5, 0.6) is 5.75 Å². The number of amides is 2. The molecule has 0 spiro atoms. The Bertz CT molecular complexity index is 1660. The van der Waals surface area contributed by atoms with Crippen molar-refractivity contribution in [2.45, 2.75) is 25.4 Å². The van der Waals surface area contributed by atoms with Gasteiger partial charge in [-0.1, -0.05) is 12.1 Å². The van der Waals surface area contributed by atoms with Crippen molar-refractivity contribution in [2.24, 2.45) is 0 Å². The monoisotopic (exact) mass is 543 g/mol. The van der Waals surface area contributed by atoms with Crippen LogP contribution in [-0.4, -0.2) is 44.8 Å². The first-order chi connectivity index (χ1) is 19.1. The quantitative estimate of drug-likeness (QED) is 0.329. The number of phenolic OH excluding ortho intramolecular Hbond substituents is 1. The van der Waals surface area contributed by atoms with Crippen LogP contribution in [-0.2, 0) is 12.5 Å². The Morgan fingerprint density at radius 3 is 2.60 bits per heavy atom. The Kier molecular flexibility index (Phi) is 6.64. The molecule has 4 aromatic rings. The van der Waals surface area contributed by atoms with Crippen molar-refractivity contribution in [1.82, 2.24) is 14.8 Å². The van der Waals surface area contributed by atoms with E-state index in [1.54, 1.807) is 20.0 Å². The summed E-state index contributed by atoms with van der Waals surface area (Å²) in [6.07, 6.45) is 2.66. The largest absolute Gasteiger partial charge is 0.507 e. The number of fused-ring (bicyclic) bond motifs is 1. The molecule has 2 amide bonds. The molecule has 0 aliphatic carbocycles. The molecule has 5 rings (SSSR count). The lowest BCUT2D eigenvalue weighted by atomic mass is 10.00. The lowest BCUT2D eigenvalue weighted by molar-refractivity contribution is 0.0428. The number of aromatic nitrogens is 3. The Balaban J connectivity index is 1.40. The van der Waals surface area contributed by atoms with Gasteiger partial charge in [0.05, 0.1) is 30.0 Å². The van der Waals surface area contributed by atoms with Gasteiger partial charge in [0.1, 0.15) is 23.3 Å². The fraction of sp³-hybridized carbons (Fsp3) is 0.179. The third kappa shape index (κ3) is 4.58. The molecule has 1 aliphatic heterocycles. The van der Waals surface area contributed by atoms with Crippen LogP contribution in [0.1, 0.15) is 44.5 Å². The normalized spacial score (nSPS) is 14.8.